The van der Waals surface area contributed by atoms with Crippen molar-refractivity contribution in [2.45, 2.75) is 33.3 Å². The molecule has 1 atom stereocenters. The Morgan fingerprint density at radius 3 is 2.67 bits per heavy atom. The topological polar surface area (TPSA) is 64.4 Å². The van der Waals surface area contributed by atoms with Crippen LogP contribution in [0.2, 0.25) is 0 Å². The molecule has 1 unspecified atom stereocenters. The predicted molar refractivity (Wildman–Crippen MR) is 80.0 cm³/mol. The highest BCUT2D eigenvalue weighted by atomic mass is 16.6. The van der Waals surface area contributed by atoms with Crippen LogP contribution in [-0.2, 0) is 11.2 Å². The Hall–Kier alpha value is -2.30. The van der Waals surface area contributed by atoms with Gasteiger partial charge in [-0.15, -0.1) is 0 Å². The van der Waals surface area contributed by atoms with E-state index in [1.54, 1.807) is 19.1 Å². The minimum absolute atomic E-state index is 0.484. The Labute approximate surface area is 124 Å². The second-order valence-electron chi connectivity index (χ2n) is 5.36. The number of nitrogens with one attached hydrogen (secondary N) is 1. The van der Waals surface area contributed by atoms with Crippen LogP contribution in [-0.4, -0.2) is 11.2 Å². The molecule has 0 saturated heterocycles. The molecule has 0 spiro atoms. The van der Waals surface area contributed by atoms with Crippen molar-refractivity contribution in [3.8, 4) is 0 Å². The molecule has 0 bridgehead atoms. The summed E-state index contributed by atoms with van der Waals surface area (Å²) in [4.78, 5) is 11.8. The average Bonchev–Trinajstić information content (AvgIpc) is 2.87. The Balaban J connectivity index is 1.90. The van der Waals surface area contributed by atoms with Gasteiger partial charge in [0.15, 0.2) is 11.9 Å². The third kappa shape index (κ3) is 4.63. The van der Waals surface area contributed by atoms with E-state index in [9.17, 15) is 4.79 Å². The van der Waals surface area contributed by atoms with E-state index < -0.39 is 12.2 Å². The number of benzene rings is 1. The Kier molecular flexibility index (Phi) is 4.98. The van der Waals surface area contributed by atoms with E-state index in [2.05, 4.69) is 24.3 Å². The molecule has 0 fully saturated rings. The number of aromatic nitrogens is 1. The first-order valence-electron chi connectivity index (χ1n) is 7.02. The van der Waals surface area contributed by atoms with Crippen molar-refractivity contribution in [1.82, 2.24) is 5.16 Å². The van der Waals surface area contributed by atoms with E-state index in [-0.39, 0.29) is 0 Å². The molecule has 1 N–H and O–H groups in total. The molecule has 5 heteroatoms. The first kappa shape index (κ1) is 15.1. The van der Waals surface area contributed by atoms with Crippen LogP contribution in [0.25, 0.3) is 0 Å². The van der Waals surface area contributed by atoms with Gasteiger partial charge in [-0.25, -0.2) is 4.79 Å². The van der Waals surface area contributed by atoms with Crippen LogP contribution in [0.3, 0.4) is 0 Å². The van der Waals surface area contributed by atoms with Gasteiger partial charge in [-0.3, -0.25) is 5.32 Å². The number of carbonyl (C=O) groups is 1. The number of ether oxygens (including phenoxy) is 1. The van der Waals surface area contributed by atoms with Crippen molar-refractivity contribution in [3.63, 3.8) is 0 Å². The number of hydrogen-bond acceptors (Lipinski definition) is 4. The third-order valence-corrected chi connectivity index (χ3v) is 2.90. The molecule has 0 radical (unpaired) electrons. The molecule has 1 aromatic heterocycles. The largest absolute Gasteiger partial charge is 0.438 e. The smallest absolute Gasteiger partial charge is 0.412 e. The minimum atomic E-state index is -0.518. The summed E-state index contributed by atoms with van der Waals surface area (Å²) < 4.78 is 10.5. The monoisotopic (exact) mass is 288 g/mol. The zero-order valence-corrected chi connectivity index (χ0v) is 12.5. The summed E-state index contributed by atoms with van der Waals surface area (Å²) >= 11 is 0. The van der Waals surface area contributed by atoms with Crippen LogP contribution in [0.1, 0.15) is 38.3 Å². The maximum Gasteiger partial charge on any atom is 0.412 e. The van der Waals surface area contributed by atoms with Gasteiger partial charge < -0.3 is 9.26 Å². The molecule has 5 nitrogen and oxygen atoms in total. The standard InChI is InChI=1S/C16H20N2O3/c1-11(2)9-14-10-15(21-18-14)12(3)20-16(19)17-13-7-5-4-6-8-13/h4-8,10-12H,9H2,1-3H3,(H,17,19). The molecule has 112 valence electrons. The van der Waals surface area contributed by atoms with Crippen molar-refractivity contribution in [2.24, 2.45) is 5.92 Å². The molecule has 1 heterocycles. The molecule has 0 saturated carbocycles. The van der Waals surface area contributed by atoms with Gasteiger partial charge in [-0.1, -0.05) is 37.2 Å². The highest BCUT2D eigenvalue weighted by molar-refractivity contribution is 5.84. The van der Waals surface area contributed by atoms with Crippen LogP contribution in [0.15, 0.2) is 40.9 Å². The van der Waals surface area contributed by atoms with Gasteiger partial charge >= 0.3 is 6.09 Å². The molecule has 2 rings (SSSR count). The van der Waals surface area contributed by atoms with Gasteiger partial charge in [-0.05, 0) is 31.4 Å². The molecule has 0 aliphatic rings. The summed E-state index contributed by atoms with van der Waals surface area (Å²) in [5.41, 5.74) is 1.56. The summed E-state index contributed by atoms with van der Waals surface area (Å²) in [6.45, 7) is 5.98. The van der Waals surface area contributed by atoms with E-state index in [4.69, 9.17) is 9.26 Å². The van der Waals surface area contributed by atoms with Crippen LogP contribution >= 0.6 is 0 Å². The highest BCUT2D eigenvalue weighted by Gasteiger charge is 2.17. The number of hydrogen-bond donors (Lipinski definition) is 1. The lowest BCUT2D eigenvalue weighted by atomic mass is 10.1. The van der Waals surface area contributed by atoms with E-state index in [1.165, 1.54) is 0 Å². The molecule has 0 aliphatic heterocycles. The zero-order chi connectivity index (χ0) is 15.2. The number of carbonyl (C=O) groups excluding carboxylic acids is 1. The predicted octanol–water partition coefficient (Wildman–Crippen LogP) is 4.18. The van der Waals surface area contributed by atoms with E-state index in [1.807, 2.05) is 24.3 Å². The quantitative estimate of drug-likeness (QED) is 0.896. The molecule has 2 aromatic rings. The minimum Gasteiger partial charge on any atom is -0.438 e. The third-order valence-electron chi connectivity index (χ3n) is 2.90. The molecular weight excluding hydrogens is 268 g/mol. The lowest BCUT2D eigenvalue weighted by Crippen LogP contribution is -2.15. The highest BCUT2D eigenvalue weighted by Crippen LogP contribution is 2.20. The SMILES string of the molecule is CC(C)Cc1cc(C(C)OC(=O)Nc2ccccc2)on1. The summed E-state index contributed by atoms with van der Waals surface area (Å²) in [6.07, 6.45) is -0.162. The Bertz CT molecular complexity index is 578. The van der Waals surface area contributed by atoms with Gasteiger partial charge in [0.2, 0.25) is 0 Å². The van der Waals surface area contributed by atoms with Crippen LogP contribution < -0.4 is 5.32 Å². The Morgan fingerprint density at radius 1 is 1.29 bits per heavy atom. The number of nitrogens with zero attached hydrogens (tertiary/aromatic N) is 1. The van der Waals surface area contributed by atoms with Gasteiger partial charge in [0.05, 0.1) is 5.69 Å². The van der Waals surface area contributed by atoms with E-state index >= 15 is 0 Å². The maximum absolute atomic E-state index is 11.8. The number of amides is 1. The van der Waals surface area contributed by atoms with Crippen molar-refractivity contribution < 1.29 is 14.1 Å². The number of para-hydroxylation sites is 1. The van der Waals surface area contributed by atoms with Crippen LogP contribution in [0.5, 0.6) is 0 Å². The summed E-state index contributed by atoms with van der Waals surface area (Å²) in [5, 5.41) is 6.64. The molecule has 0 aliphatic carbocycles. The van der Waals surface area contributed by atoms with Gasteiger partial charge in [0.25, 0.3) is 0 Å². The summed E-state index contributed by atoms with van der Waals surface area (Å²) in [7, 11) is 0. The first-order chi connectivity index (χ1) is 10.0. The molecule has 21 heavy (non-hydrogen) atoms. The van der Waals surface area contributed by atoms with Gasteiger partial charge in [0, 0.05) is 11.8 Å². The van der Waals surface area contributed by atoms with Crippen molar-refractivity contribution >= 4 is 11.8 Å². The van der Waals surface area contributed by atoms with Crippen molar-refractivity contribution in [2.75, 3.05) is 5.32 Å². The average molecular weight is 288 g/mol. The van der Waals surface area contributed by atoms with Crippen molar-refractivity contribution in [1.29, 1.82) is 0 Å². The van der Waals surface area contributed by atoms with E-state index in [0.717, 1.165) is 12.1 Å². The van der Waals surface area contributed by atoms with Crippen molar-refractivity contribution in [3.05, 3.63) is 47.9 Å². The fourth-order valence-corrected chi connectivity index (χ4v) is 1.92. The fraction of sp³-hybridized carbons (Fsp3) is 0.375. The Morgan fingerprint density at radius 2 is 2.00 bits per heavy atom. The fourth-order valence-electron chi connectivity index (χ4n) is 1.92. The molecule has 1 aromatic carbocycles. The van der Waals surface area contributed by atoms with E-state index in [0.29, 0.717) is 17.4 Å². The lowest BCUT2D eigenvalue weighted by Gasteiger charge is -2.11. The summed E-state index contributed by atoms with van der Waals surface area (Å²) in [5.74, 6) is 1.05. The first-order valence-corrected chi connectivity index (χ1v) is 7.02. The molecular formula is C16H20N2O3. The normalized spacial score (nSPS) is 12.2. The second-order valence-corrected chi connectivity index (χ2v) is 5.36. The zero-order valence-electron chi connectivity index (χ0n) is 12.5. The molecule has 1 amide bonds. The van der Waals surface area contributed by atoms with Crippen LogP contribution in [0.4, 0.5) is 10.5 Å². The van der Waals surface area contributed by atoms with Crippen LogP contribution in [0, 0.1) is 5.92 Å². The maximum atomic E-state index is 11.8. The number of anilines is 1. The summed E-state index contributed by atoms with van der Waals surface area (Å²) in [6, 6.07) is 11.0. The number of rotatable bonds is 5. The second kappa shape index (κ2) is 6.92. The van der Waals surface area contributed by atoms with Gasteiger partial charge in [0.1, 0.15) is 0 Å². The van der Waals surface area contributed by atoms with Gasteiger partial charge in [-0.2, -0.15) is 0 Å². The lowest BCUT2D eigenvalue weighted by molar-refractivity contribution is 0.103.